The second kappa shape index (κ2) is 6.39. The molecule has 1 N–H and O–H groups in total. The Morgan fingerprint density at radius 1 is 1.43 bits per heavy atom. The molecule has 1 unspecified atom stereocenters. The molecule has 4 nitrogen and oxygen atoms in total. The van der Waals surface area contributed by atoms with Crippen LogP contribution < -0.4 is 5.32 Å². The fourth-order valence-corrected chi connectivity index (χ4v) is 3.48. The van der Waals surface area contributed by atoms with E-state index in [-0.39, 0.29) is 17.9 Å². The summed E-state index contributed by atoms with van der Waals surface area (Å²) in [5, 5.41) is 3.04. The number of piperazine rings is 1. The van der Waals surface area contributed by atoms with Crippen molar-refractivity contribution >= 4 is 23.4 Å². The molecular weight excluding hydrogens is 288 g/mol. The molecule has 2 rings (SSSR count). The summed E-state index contributed by atoms with van der Waals surface area (Å²) in [5.74, 6) is 0.421. The van der Waals surface area contributed by atoms with Gasteiger partial charge in [-0.15, -0.1) is 0 Å². The summed E-state index contributed by atoms with van der Waals surface area (Å²) in [6, 6.07) is -0.379. The molecule has 0 aromatic heterocycles. The highest BCUT2D eigenvalue weighted by Gasteiger charge is 2.51. The van der Waals surface area contributed by atoms with E-state index in [0.29, 0.717) is 18.9 Å². The highest BCUT2D eigenvalue weighted by molar-refractivity contribution is 6.25. The van der Waals surface area contributed by atoms with Gasteiger partial charge in [0.1, 0.15) is 11.6 Å². The van der Waals surface area contributed by atoms with Gasteiger partial charge in [0.05, 0.1) is 0 Å². The third-order valence-corrected chi connectivity index (χ3v) is 4.84. The maximum Gasteiger partial charge on any atom is 0.249 e. The lowest BCUT2D eigenvalue weighted by atomic mass is 9.88. The fourth-order valence-electron chi connectivity index (χ4n) is 3.41. The maximum atomic E-state index is 13.0. The van der Waals surface area contributed by atoms with Crippen molar-refractivity contribution in [2.24, 2.45) is 5.92 Å². The van der Waals surface area contributed by atoms with Gasteiger partial charge in [-0.25, -0.2) is 0 Å². The molecule has 0 aromatic carbocycles. The van der Waals surface area contributed by atoms with Gasteiger partial charge in [-0.1, -0.05) is 38.3 Å². The summed E-state index contributed by atoms with van der Waals surface area (Å²) in [6.45, 7) is 6.47. The van der Waals surface area contributed by atoms with Crippen LogP contribution in [0.1, 0.15) is 52.9 Å². The van der Waals surface area contributed by atoms with Gasteiger partial charge >= 0.3 is 0 Å². The van der Waals surface area contributed by atoms with Crippen LogP contribution in [-0.4, -0.2) is 34.8 Å². The van der Waals surface area contributed by atoms with Gasteiger partial charge in [-0.3, -0.25) is 9.59 Å². The number of carbonyl (C=O) groups excluding carboxylic acids is 2. The predicted octanol–water partition coefficient (Wildman–Crippen LogP) is 2.81. The molecule has 5 heteroatoms. The normalized spacial score (nSPS) is 25.9. The highest BCUT2D eigenvalue weighted by Crippen LogP contribution is 2.35. The van der Waals surface area contributed by atoms with E-state index in [1.54, 1.807) is 4.90 Å². The molecule has 1 saturated carbocycles. The maximum absolute atomic E-state index is 13.0. The SMILES string of the molecule is CC(=CCl)CN1C(=O)C2(CCCC2)NC(=O)C1CC(C)C. The fraction of sp³-hybridized carbons (Fsp3) is 0.750. The van der Waals surface area contributed by atoms with E-state index >= 15 is 0 Å². The quantitative estimate of drug-likeness (QED) is 0.868. The van der Waals surface area contributed by atoms with Crippen molar-refractivity contribution in [2.75, 3.05) is 6.54 Å². The lowest BCUT2D eigenvalue weighted by Crippen LogP contribution is -2.69. The van der Waals surface area contributed by atoms with Crippen molar-refractivity contribution in [2.45, 2.75) is 64.5 Å². The smallest absolute Gasteiger partial charge is 0.249 e. The average Bonchev–Trinajstić information content (AvgIpc) is 2.89. The molecule has 1 aliphatic heterocycles. The molecule has 2 amide bonds. The summed E-state index contributed by atoms with van der Waals surface area (Å²) in [7, 11) is 0. The number of carbonyl (C=O) groups is 2. The third kappa shape index (κ3) is 3.25. The molecule has 0 radical (unpaired) electrons. The Kier molecular flexibility index (Phi) is 4.97. The second-order valence-electron chi connectivity index (χ2n) is 6.81. The summed E-state index contributed by atoms with van der Waals surface area (Å²) in [4.78, 5) is 27.3. The molecule has 1 saturated heterocycles. The first kappa shape index (κ1) is 16.3. The highest BCUT2D eigenvalue weighted by atomic mass is 35.5. The van der Waals surface area contributed by atoms with Gasteiger partial charge in [0.25, 0.3) is 0 Å². The van der Waals surface area contributed by atoms with E-state index in [1.807, 2.05) is 6.92 Å². The molecular formula is C16H25ClN2O2. The molecule has 1 spiro atoms. The van der Waals surface area contributed by atoms with Crippen LogP contribution in [0, 0.1) is 5.92 Å². The average molecular weight is 313 g/mol. The van der Waals surface area contributed by atoms with E-state index in [9.17, 15) is 9.59 Å². The van der Waals surface area contributed by atoms with Crippen LogP contribution in [0.15, 0.2) is 11.1 Å². The van der Waals surface area contributed by atoms with Gasteiger partial charge in [-0.2, -0.15) is 0 Å². The summed E-state index contributed by atoms with van der Waals surface area (Å²) < 4.78 is 0. The number of nitrogens with zero attached hydrogens (tertiary/aromatic N) is 1. The lowest BCUT2D eigenvalue weighted by molar-refractivity contribution is -0.154. The van der Waals surface area contributed by atoms with Crippen LogP contribution in [0.4, 0.5) is 0 Å². The lowest BCUT2D eigenvalue weighted by Gasteiger charge is -2.45. The first-order valence-corrected chi connectivity index (χ1v) is 8.22. The predicted molar refractivity (Wildman–Crippen MR) is 83.9 cm³/mol. The van der Waals surface area contributed by atoms with Crippen molar-refractivity contribution in [1.29, 1.82) is 0 Å². The molecule has 2 fully saturated rings. The van der Waals surface area contributed by atoms with Crippen molar-refractivity contribution in [3.05, 3.63) is 11.1 Å². The van der Waals surface area contributed by atoms with Gasteiger partial charge in [-0.05, 0) is 37.7 Å². The van der Waals surface area contributed by atoms with Crippen LogP contribution in [0.25, 0.3) is 0 Å². The number of rotatable bonds is 4. The van der Waals surface area contributed by atoms with Crippen LogP contribution in [0.3, 0.4) is 0 Å². The van der Waals surface area contributed by atoms with Crippen LogP contribution in [-0.2, 0) is 9.59 Å². The minimum atomic E-state index is -0.656. The standard InChI is InChI=1S/C16H25ClN2O2/c1-11(2)8-13-14(20)18-16(6-4-5-7-16)15(21)19(13)10-12(3)9-17/h9,11,13H,4-8,10H2,1-3H3,(H,18,20). The zero-order valence-electron chi connectivity index (χ0n) is 13.1. The zero-order chi connectivity index (χ0) is 15.6. The zero-order valence-corrected chi connectivity index (χ0v) is 13.9. The summed E-state index contributed by atoms with van der Waals surface area (Å²) >= 11 is 5.76. The number of halogens is 1. The van der Waals surface area contributed by atoms with Crippen LogP contribution in [0.5, 0.6) is 0 Å². The van der Waals surface area contributed by atoms with E-state index in [0.717, 1.165) is 31.3 Å². The third-order valence-electron chi connectivity index (χ3n) is 4.47. The molecule has 0 bridgehead atoms. The molecule has 118 valence electrons. The van der Waals surface area contributed by atoms with Crippen LogP contribution >= 0.6 is 11.6 Å². The molecule has 1 aliphatic carbocycles. The van der Waals surface area contributed by atoms with Gasteiger partial charge in [0, 0.05) is 12.1 Å². The first-order valence-electron chi connectivity index (χ1n) is 7.78. The molecule has 1 atom stereocenters. The number of hydrogen-bond donors (Lipinski definition) is 1. The Balaban J connectivity index is 2.29. The minimum absolute atomic E-state index is 0.00688. The summed E-state index contributed by atoms with van der Waals surface area (Å²) in [6.07, 6.45) is 4.19. The van der Waals surface area contributed by atoms with Gasteiger partial charge < -0.3 is 10.2 Å². The minimum Gasteiger partial charge on any atom is -0.340 e. The van der Waals surface area contributed by atoms with E-state index in [1.165, 1.54) is 5.54 Å². The molecule has 0 aromatic rings. The summed E-state index contributed by atoms with van der Waals surface area (Å²) in [5.41, 5.74) is 1.74. The van der Waals surface area contributed by atoms with Crippen molar-refractivity contribution in [1.82, 2.24) is 10.2 Å². The van der Waals surface area contributed by atoms with E-state index in [4.69, 9.17) is 11.6 Å². The topological polar surface area (TPSA) is 49.4 Å². The Morgan fingerprint density at radius 3 is 2.57 bits per heavy atom. The van der Waals surface area contributed by atoms with Crippen molar-refractivity contribution in [3.8, 4) is 0 Å². The molecule has 2 aliphatic rings. The molecule has 21 heavy (non-hydrogen) atoms. The Morgan fingerprint density at radius 2 is 2.05 bits per heavy atom. The monoisotopic (exact) mass is 312 g/mol. The van der Waals surface area contributed by atoms with Gasteiger partial charge in [0.15, 0.2) is 0 Å². The Bertz CT molecular complexity index is 453. The Labute approximate surface area is 131 Å². The van der Waals surface area contributed by atoms with Gasteiger partial charge in [0.2, 0.25) is 11.8 Å². The first-order chi connectivity index (χ1) is 9.89. The van der Waals surface area contributed by atoms with Crippen molar-refractivity contribution in [3.63, 3.8) is 0 Å². The van der Waals surface area contributed by atoms with E-state index in [2.05, 4.69) is 19.2 Å². The van der Waals surface area contributed by atoms with Crippen LogP contribution in [0.2, 0.25) is 0 Å². The second-order valence-corrected chi connectivity index (χ2v) is 7.03. The number of hydrogen-bond acceptors (Lipinski definition) is 2. The largest absolute Gasteiger partial charge is 0.340 e. The number of nitrogens with one attached hydrogen (secondary N) is 1. The number of amides is 2. The molecule has 1 heterocycles. The van der Waals surface area contributed by atoms with E-state index < -0.39 is 5.54 Å². The van der Waals surface area contributed by atoms with Crippen molar-refractivity contribution < 1.29 is 9.59 Å². The Hall–Kier alpha value is -1.03.